The van der Waals surface area contributed by atoms with Crippen LogP contribution < -0.4 is 4.90 Å². The Kier molecular flexibility index (Phi) is 5.77. The summed E-state index contributed by atoms with van der Waals surface area (Å²) < 4.78 is 2.83. The van der Waals surface area contributed by atoms with E-state index in [2.05, 4.69) is 11.2 Å². The molecule has 2 aromatic heterocycles. The van der Waals surface area contributed by atoms with Gasteiger partial charge in [-0.15, -0.1) is 0 Å². The van der Waals surface area contributed by atoms with Crippen LogP contribution in [0.15, 0.2) is 42.5 Å². The van der Waals surface area contributed by atoms with Gasteiger partial charge in [-0.1, -0.05) is 22.9 Å². The molecule has 0 fully saturated rings. The average Bonchev–Trinajstić information content (AvgIpc) is 3.30. The number of carbonyl (C=O) groups is 1. The van der Waals surface area contributed by atoms with Crippen LogP contribution in [0.4, 0.5) is 5.13 Å². The van der Waals surface area contributed by atoms with Crippen LogP contribution in [0.2, 0.25) is 5.02 Å². The first-order valence-electron chi connectivity index (χ1n) is 9.75. The quantitative estimate of drug-likeness (QED) is 0.415. The number of amides is 1. The van der Waals surface area contributed by atoms with E-state index in [4.69, 9.17) is 21.8 Å². The molecule has 0 radical (unpaired) electrons. The van der Waals surface area contributed by atoms with E-state index in [9.17, 15) is 4.79 Å². The van der Waals surface area contributed by atoms with Gasteiger partial charge in [-0.05, 0) is 68.8 Å². The van der Waals surface area contributed by atoms with Gasteiger partial charge in [-0.25, -0.2) is 4.98 Å². The predicted octanol–water partition coefficient (Wildman–Crippen LogP) is 5.29. The number of aromatic nitrogens is 3. The summed E-state index contributed by atoms with van der Waals surface area (Å²) in [6, 6.07) is 14.5. The minimum atomic E-state index is -0.172. The molecule has 156 valence electrons. The van der Waals surface area contributed by atoms with Crippen molar-refractivity contribution in [1.82, 2.24) is 14.8 Å². The van der Waals surface area contributed by atoms with Gasteiger partial charge in [0.1, 0.15) is 0 Å². The number of hydrogen-bond donors (Lipinski definition) is 0. The maximum absolute atomic E-state index is 13.4. The van der Waals surface area contributed by atoms with Gasteiger partial charge in [0.15, 0.2) is 5.13 Å². The molecule has 2 aromatic carbocycles. The van der Waals surface area contributed by atoms with E-state index in [1.54, 1.807) is 29.2 Å². The molecule has 1 amide bonds. The number of nitrogens with zero attached hydrogens (tertiary/aromatic N) is 5. The maximum Gasteiger partial charge on any atom is 0.260 e. The molecule has 0 atom stereocenters. The lowest BCUT2D eigenvalue weighted by molar-refractivity contribution is 0.0985. The standard InChI is InChI=1S/C23H20ClN5OS/c1-14-10-19(24)12-20-21(14)26-23(31-20)28(8-9-29-16(3)11-15(2)27-29)22(30)18-6-4-17(13-25)5-7-18/h4-7,10-12H,8-9H2,1-3H3. The van der Waals surface area contributed by atoms with E-state index in [0.717, 1.165) is 27.2 Å². The van der Waals surface area contributed by atoms with Crippen LogP contribution in [0.1, 0.15) is 32.9 Å². The Bertz CT molecular complexity index is 1320. The number of nitriles is 1. The van der Waals surface area contributed by atoms with E-state index in [-0.39, 0.29) is 5.91 Å². The molecule has 6 nitrogen and oxygen atoms in total. The van der Waals surface area contributed by atoms with Crippen molar-refractivity contribution in [2.45, 2.75) is 27.3 Å². The van der Waals surface area contributed by atoms with Gasteiger partial charge in [-0.3, -0.25) is 14.4 Å². The van der Waals surface area contributed by atoms with E-state index in [0.29, 0.717) is 34.4 Å². The molecule has 8 heteroatoms. The zero-order valence-electron chi connectivity index (χ0n) is 17.4. The Morgan fingerprint density at radius 3 is 2.58 bits per heavy atom. The molecule has 0 spiro atoms. The van der Waals surface area contributed by atoms with E-state index >= 15 is 0 Å². The van der Waals surface area contributed by atoms with E-state index in [1.165, 1.54) is 11.3 Å². The highest BCUT2D eigenvalue weighted by atomic mass is 35.5. The molecule has 0 aliphatic carbocycles. The molecule has 0 saturated heterocycles. The molecule has 0 aliphatic rings. The fourth-order valence-corrected chi connectivity index (χ4v) is 4.93. The smallest absolute Gasteiger partial charge is 0.260 e. The van der Waals surface area contributed by atoms with Gasteiger partial charge in [0.2, 0.25) is 0 Å². The molecule has 0 aliphatic heterocycles. The van der Waals surface area contributed by atoms with Gasteiger partial charge in [0.05, 0.1) is 34.1 Å². The predicted molar refractivity (Wildman–Crippen MR) is 124 cm³/mol. The Labute approximate surface area is 189 Å². The zero-order valence-corrected chi connectivity index (χ0v) is 19.0. The maximum atomic E-state index is 13.4. The van der Waals surface area contributed by atoms with Crippen LogP contribution in [0.5, 0.6) is 0 Å². The van der Waals surface area contributed by atoms with Crippen molar-refractivity contribution in [2.75, 3.05) is 11.4 Å². The van der Waals surface area contributed by atoms with Crippen molar-refractivity contribution < 1.29 is 4.79 Å². The summed E-state index contributed by atoms with van der Waals surface area (Å²) in [6.07, 6.45) is 0. The van der Waals surface area contributed by atoms with Crippen molar-refractivity contribution in [3.63, 3.8) is 0 Å². The Hall–Kier alpha value is -3.21. The highest BCUT2D eigenvalue weighted by Crippen LogP contribution is 2.33. The molecule has 0 unspecified atom stereocenters. The number of fused-ring (bicyclic) bond motifs is 1. The summed E-state index contributed by atoms with van der Waals surface area (Å²) in [7, 11) is 0. The molecular weight excluding hydrogens is 430 g/mol. The summed E-state index contributed by atoms with van der Waals surface area (Å²) >= 11 is 7.66. The number of carbonyl (C=O) groups excluding carboxylic acids is 1. The summed E-state index contributed by atoms with van der Waals surface area (Å²) in [5.41, 5.74) is 4.79. The van der Waals surface area contributed by atoms with E-state index in [1.807, 2.05) is 43.7 Å². The molecule has 4 aromatic rings. The normalized spacial score (nSPS) is 10.9. The molecular formula is C23H20ClN5OS. The van der Waals surface area contributed by atoms with Gasteiger partial charge in [0.25, 0.3) is 5.91 Å². The van der Waals surface area contributed by atoms with Gasteiger partial charge in [-0.2, -0.15) is 10.4 Å². The topological polar surface area (TPSA) is 74.8 Å². The van der Waals surface area contributed by atoms with Crippen LogP contribution >= 0.6 is 22.9 Å². The largest absolute Gasteiger partial charge is 0.282 e. The van der Waals surface area contributed by atoms with Crippen LogP contribution in [-0.4, -0.2) is 27.2 Å². The van der Waals surface area contributed by atoms with Crippen LogP contribution in [0, 0.1) is 32.1 Å². The van der Waals surface area contributed by atoms with Crippen molar-refractivity contribution in [3.05, 3.63) is 75.6 Å². The summed E-state index contributed by atoms with van der Waals surface area (Å²) in [4.78, 5) is 19.9. The Morgan fingerprint density at radius 1 is 1.19 bits per heavy atom. The highest BCUT2D eigenvalue weighted by Gasteiger charge is 2.22. The third kappa shape index (κ3) is 4.31. The summed E-state index contributed by atoms with van der Waals surface area (Å²) in [6.45, 7) is 6.85. The number of anilines is 1. The molecule has 0 N–H and O–H groups in total. The minimum Gasteiger partial charge on any atom is -0.282 e. The summed E-state index contributed by atoms with van der Waals surface area (Å²) in [5.74, 6) is -0.172. The minimum absolute atomic E-state index is 0.172. The third-order valence-electron chi connectivity index (χ3n) is 5.01. The SMILES string of the molecule is Cc1cc(C)n(CCN(C(=O)c2ccc(C#N)cc2)c2nc3c(C)cc(Cl)cc3s2)n1. The van der Waals surface area contributed by atoms with Crippen molar-refractivity contribution in [3.8, 4) is 6.07 Å². The van der Waals surface area contributed by atoms with Crippen LogP contribution in [-0.2, 0) is 6.54 Å². The fourth-order valence-electron chi connectivity index (χ4n) is 3.48. The number of aryl methyl sites for hydroxylation is 3. The first-order valence-corrected chi connectivity index (χ1v) is 10.9. The average molecular weight is 450 g/mol. The second-order valence-corrected chi connectivity index (χ2v) is 8.81. The molecule has 31 heavy (non-hydrogen) atoms. The van der Waals surface area contributed by atoms with Crippen molar-refractivity contribution >= 4 is 44.2 Å². The van der Waals surface area contributed by atoms with Crippen LogP contribution in [0.3, 0.4) is 0 Å². The first kappa shape index (κ1) is 21.0. The van der Waals surface area contributed by atoms with Gasteiger partial charge < -0.3 is 0 Å². The molecule has 4 rings (SSSR count). The number of hydrogen-bond acceptors (Lipinski definition) is 5. The lowest BCUT2D eigenvalue weighted by atomic mass is 10.1. The second-order valence-electron chi connectivity index (χ2n) is 7.36. The third-order valence-corrected chi connectivity index (χ3v) is 6.26. The van der Waals surface area contributed by atoms with Gasteiger partial charge in [0, 0.05) is 22.8 Å². The number of halogens is 1. The Morgan fingerprint density at radius 2 is 1.94 bits per heavy atom. The monoisotopic (exact) mass is 449 g/mol. The number of benzene rings is 2. The van der Waals surface area contributed by atoms with Crippen molar-refractivity contribution in [1.29, 1.82) is 5.26 Å². The van der Waals surface area contributed by atoms with Crippen LogP contribution in [0.25, 0.3) is 10.2 Å². The molecule has 2 heterocycles. The molecule has 0 bridgehead atoms. The van der Waals surface area contributed by atoms with Gasteiger partial charge >= 0.3 is 0 Å². The zero-order chi connectivity index (χ0) is 22.1. The van der Waals surface area contributed by atoms with E-state index < -0.39 is 0 Å². The Balaban J connectivity index is 1.72. The second kappa shape index (κ2) is 8.50. The number of rotatable bonds is 5. The fraction of sp³-hybridized carbons (Fsp3) is 0.217. The lowest BCUT2D eigenvalue weighted by Gasteiger charge is -2.20. The first-order chi connectivity index (χ1) is 14.9. The number of thiazole rings is 1. The molecule has 0 saturated carbocycles. The van der Waals surface area contributed by atoms with Crippen molar-refractivity contribution in [2.24, 2.45) is 0 Å². The lowest BCUT2D eigenvalue weighted by Crippen LogP contribution is -2.34. The highest BCUT2D eigenvalue weighted by molar-refractivity contribution is 7.22. The summed E-state index contributed by atoms with van der Waals surface area (Å²) in [5, 5.41) is 14.8.